The summed E-state index contributed by atoms with van der Waals surface area (Å²) >= 11 is 3.23. The van der Waals surface area contributed by atoms with Gasteiger partial charge in [0, 0.05) is 30.7 Å². The van der Waals surface area contributed by atoms with Crippen LogP contribution in [-0.2, 0) is 19.6 Å². The Morgan fingerprint density at radius 3 is 2.34 bits per heavy atom. The third kappa shape index (κ3) is 4.75. The van der Waals surface area contributed by atoms with Crippen LogP contribution in [0, 0.1) is 5.92 Å². The van der Waals surface area contributed by atoms with Crippen molar-refractivity contribution >= 4 is 37.8 Å². The van der Waals surface area contributed by atoms with Gasteiger partial charge in [0.25, 0.3) is 0 Å². The summed E-state index contributed by atoms with van der Waals surface area (Å²) < 4.78 is 65.6. The van der Waals surface area contributed by atoms with Gasteiger partial charge in [-0.05, 0) is 31.0 Å². The van der Waals surface area contributed by atoms with Crippen LogP contribution in [0.4, 0.5) is 13.2 Å². The van der Waals surface area contributed by atoms with E-state index in [1.807, 2.05) is 5.32 Å². The van der Waals surface area contributed by atoms with Crippen LogP contribution < -0.4 is 5.32 Å². The lowest BCUT2D eigenvalue weighted by Crippen LogP contribution is -2.57. The molecule has 2 fully saturated rings. The maximum absolute atomic E-state index is 12.7. The number of amides is 2. The molecule has 160 valence electrons. The number of benzene rings is 1. The van der Waals surface area contributed by atoms with E-state index in [-0.39, 0.29) is 43.9 Å². The number of halogens is 4. The summed E-state index contributed by atoms with van der Waals surface area (Å²) in [6.45, 7) is 0.220. The molecule has 0 bridgehead atoms. The number of nitrogens with one attached hydrogen (secondary N) is 1. The van der Waals surface area contributed by atoms with Crippen molar-refractivity contribution in [2.75, 3.05) is 26.2 Å². The molecule has 2 aliphatic heterocycles. The van der Waals surface area contributed by atoms with E-state index in [4.69, 9.17) is 0 Å². The van der Waals surface area contributed by atoms with Gasteiger partial charge in [-0.1, -0.05) is 22.0 Å². The van der Waals surface area contributed by atoms with Gasteiger partial charge in [-0.25, -0.2) is 8.42 Å². The minimum absolute atomic E-state index is 0.0418. The van der Waals surface area contributed by atoms with E-state index in [1.54, 1.807) is 12.1 Å². The summed E-state index contributed by atoms with van der Waals surface area (Å²) in [5.41, 5.74) is 0. The van der Waals surface area contributed by atoms with Gasteiger partial charge in [-0.2, -0.15) is 17.5 Å². The first-order chi connectivity index (χ1) is 13.5. The average Bonchev–Trinajstić information content (AvgIpc) is 2.67. The molecule has 1 aromatic carbocycles. The molecule has 1 N–H and O–H groups in total. The van der Waals surface area contributed by atoms with E-state index in [1.165, 1.54) is 21.3 Å². The van der Waals surface area contributed by atoms with Crippen molar-refractivity contribution in [1.82, 2.24) is 14.5 Å². The number of carbonyl (C=O) groups is 2. The molecule has 3 rings (SSSR count). The van der Waals surface area contributed by atoms with Crippen LogP contribution in [0.25, 0.3) is 0 Å². The van der Waals surface area contributed by atoms with Crippen LogP contribution in [0.15, 0.2) is 33.6 Å². The molecule has 2 atom stereocenters. The standard InChI is InChI=1S/C17H19BrF3N3O4S/c18-11-2-1-3-12(10-11)29(27,28)24-8-6-23(7-9-24)16(26)13-4-5-14(17(19,20)21)22-15(13)25/h1-3,10,13-14H,4-9H2,(H,22,25). The van der Waals surface area contributed by atoms with E-state index >= 15 is 0 Å². The van der Waals surface area contributed by atoms with E-state index in [9.17, 15) is 31.2 Å². The van der Waals surface area contributed by atoms with E-state index in [0.717, 1.165) is 0 Å². The molecule has 0 radical (unpaired) electrons. The van der Waals surface area contributed by atoms with Crippen LogP contribution in [0.5, 0.6) is 0 Å². The number of carbonyl (C=O) groups excluding carboxylic acids is 2. The van der Waals surface area contributed by atoms with Gasteiger partial charge >= 0.3 is 6.18 Å². The molecule has 0 saturated carbocycles. The molecule has 1 aromatic rings. The number of alkyl halides is 3. The molecule has 7 nitrogen and oxygen atoms in total. The molecule has 2 saturated heterocycles. The second-order valence-electron chi connectivity index (χ2n) is 6.92. The number of hydrogen-bond donors (Lipinski definition) is 1. The first kappa shape index (κ1) is 22.0. The van der Waals surface area contributed by atoms with E-state index in [0.29, 0.717) is 4.47 Å². The lowest BCUT2D eigenvalue weighted by molar-refractivity contribution is -0.172. The highest BCUT2D eigenvalue weighted by Crippen LogP contribution is 2.29. The highest BCUT2D eigenvalue weighted by atomic mass is 79.9. The Morgan fingerprint density at radius 1 is 1.14 bits per heavy atom. The van der Waals surface area contributed by atoms with Gasteiger partial charge in [0.05, 0.1) is 4.90 Å². The summed E-state index contributed by atoms with van der Waals surface area (Å²) in [6, 6.07) is 4.32. The number of nitrogens with zero attached hydrogens (tertiary/aromatic N) is 2. The maximum Gasteiger partial charge on any atom is 0.408 e. The van der Waals surface area contributed by atoms with Gasteiger partial charge < -0.3 is 10.2 Å². The van der Waals surface area contributed by atoms with Crippen molar-refractivity contribution in [3.8, 4) is 0 Å². The Bertz CT molecular complexity index is 901. The summed E-state index contributed by atoms with van der Waals surface area (Å²) in [7, 11) is -3.73. The normalized spacial score (nSPS) is 24.3. The largest absolute Gasteiger partial charge is 0.408 e. The second-order valence-corrected chi connectivity index (χ2v) is 9.77. The Labute approximate surface area is 174 Å². The van der Waals surface area contributed by atoms with Crippen molar-refractivity contribution in [1.29, 1.82) is 0 Å². The number of sulfonamides is 1. The monoisotopic (exact) mass is 497 g/mol. The van der Waals surface area contributed by atoms with Crippen molar-refractivity contribution in [3.63, 3.8) is 0 Å². The summed E-state index contributed by atoms with van der Waals surface area (Å²) in [6.07, 6.45) is -5.09. The molecular weight excluding hydrogens is 479 g/mol. The smallest absolute Gasteiger partial charge is 0.344 e. The fraction of sp³-hybridized carbons (Fsp3) is 0.529. The molecule has 2 heterocycles. The zero-order valence-electron chi connectivity index (χ0n) is 15.2. The predicted octanol–water partition coefficient (Wildman–Crippen LogP) is 1.74. The quantitative estimate of drug-likeness (QED) is 0.644. The third-order valence-corrected chi connectivity index (χ3v) is 7.44. The Kier molecular flexibility index (Phi) is 6.25. The first-order valence-electron chi connectivity index (χ1n) is 8.92. The van der Waals surface area contributed by atoms with Crippen LogP contribution in [-0.4, -0.2) is 67.8 Å². The molecule has 12 heteroatoms. The predicted molar refractivity (Wildman–Crippen MR) is 100 cm³/mol. The summed E-state index contributed by atoms with van der Waals surface area (Å²) in [4.78, 5) is 26.1. The zero-order chi connectivity index (χ0) is 21.4. The van der Waals surface area contributed by atoms with Gasteiger partial charge in [0.2, 0.25) is 21.8 Å². The van der Waals surface area contributed by atoms with E-state index < -0.39 is 40.0 Å². The maximum atomic E-state index is 12.7. The van der Waals surface area contributed by atoms with Crippen LogP contribution in [0.2, 0.25) is 0 Å². The molecule has 0 aliphatic carbocycles. The molecule has 2 aliphatic rings. The summed E-state index contributed by atoms with van der Waals surface area (Å²) in [5, 5.41) is 1.86. The number of piperidine rings is 1. The molecule has 0 spiro atoms. The number of hydrogen-bond acceptors (Lipinski definition) is 4. The topological polar surface area (TPSA) is 86.8 Å². The highest BCUT2D eigenvalue weighted by Gasteiger charge is 2.46. The minimum atomic E-state index is -4.55. The summed E-state index contributed by atoms with van der Waals surface area (Å²) in [5.74, 6) is -2.68. The number of rotatable bonds is 3. The molecule has 2 unspecified atom stereocenters. The van der Waals surface area contributed by atoms with Crippen LogP contribution in [0.3, 0.4) is 0 Å². The van der Waals surface area contributed by atoms with Crippen molar-refractivity contribution < 1.29 is 31.2 Å². The Hall–Kier alpha value is -1.66. The lowest BCUT2D eigenvalue weighted by Gasteiger charge is -2.37. The Morgan fingerprint density at radius 2 is 1.79 bits per heavy atom. The minimum Gasteiger partial charge on any atom is -0.344 e. The Balaban J connectivity index is 1.61. The zero-order valence-corrected chi connectivity index (χ0v) is 17.6. The molecular formula is C17H19BrF3N3O4S. The lowest BCUT2D eigenvalue weighted by atomic mass is 9.92. The molecule has 2 amide bonds. The van der Waals surface area contributed by atoms with Gasteiger partial charge in [-0.3, -0.25) is 9.59 Å². The van der Waals surface area contributed by atoms with Gasteiger partial charge in [0.15, 0.2) is 0 Å². The molecule has 29 heavy (non-hydrogen) atoms. The van der Waals surface area contributed by atoms with Gasteiger partial charge in [0.1, 0.15) is 12.0 Å². The number of piperazine rings is 1. The molecule has 0 aromatic heterocycles. The fourth-order valence-electron chi connectivity index (χ4n) is 3.44. The van der Waals surface area contributed by atoms with Crippen LogP contribution >= 0.6 is 15.9 Å². The van der Waals surface area contributed by atoms with Crippen molar-refractivity contribution in [2.45, 2.75) is 30.0 Å². The van der Waals surface area contributed by atoms with Crippen molar-refractivity contribution in [3.05, 3.63) is 28.7 Å². The van der Waals surface area contributed by atoms with Crippen molar-refractivity contribution in [2.24, 2.45) is 5.92 Å². The fourth-order valence-corrected chi connectivity index (χ4v) is 5.46. The van der Waals surface area contributed by atoms with Crippen LogP contribution in [0.1, 0.15) is 12.8 Å². The SMILES string of the molecule is O=C1NC(C(F)(F)F)CCC1C(=O)N1CCN(S(=O)(=O)c2cccc(Br)c2)CC1. The third-order valence-electron chi connectivity index (χ3n) is 5.05. The second kappa shape index (κ2) is 8.23. The average molecular weight is 498 g/mol. The first-order valence-corrected chi connectivity index (χ1v) is 11.1. The van der Waals surface area contributed by atoms with E-state index in [2.05, 4.69) is 15.9 Å². The highest BCUT2D eigenvalue weighted by molar-refractivity contribution is 9.10. The van der Waals surface area contributed by atoms with Gasteiger partial charge in [-0.15, -0.1) is 0 Å².